The number of rotatable bonds is 3. The third-order valence-electron chi connectivity index (χ3n) is 3.57. The van der Waals surface area contributed by atoms with E-state index in [4.69, 9.17) is 0 Å². The van der Waals surface area contributed by atoms with Crippen LogP contribution in [-0.2, 0) is 4.79 Å². The lowest BCUT2D eigenvalue weighted by atomic mass is 10.1. The second-order valence-electron chi connectivity index (χ2n) is 5.17. The Labute approximate surface area is 137 Å². The molecule has 2 aromatic rings. The van der Waals surface area contributed by atoms with Crippen LogP contribution in [0.4, 0.5) is 5.69 Å². The number of hydrazone groups is 1. The number of hydrogen-bond donors (Lipinski definition) is 0. The molecule has 6 heteroatoms. The van der Waals surface area contributed by atoms with Crippen molar-refractivity contribution in [3.8, 4) is 0 Å². The first-order valence-corrected chi connectivity index (χ1v) is 7.82. The van der Waals surface area contributed by atoms with Gasteiger partial charge in [-0.05, 0) is 54.6 Å². The Kier molecular flexibility index (Phi) is 3.83. The summed E-state index contributed by atoms with van der Waals surface area (Å²) in [6.07, 6.45) is 1.82. The number of nitrogens with zero attached hydrogens (tertiary/aromatic N) is 2. The summed E-state index contributed by atoms with van der Waals surface area (Å²) in [4.78, 5) is 24.6. The van der Waals surface area contributed by atoms with Gasteiger partial charge in [-0.1, -0.05) is 12.1 Å². The molecule has 0 aliphatic carbocycles. The number of benzene rings is 1. The smallest absolute Gasteiger partial charge is 0.280 e. The molecule has 1 aromatic carbocycles. The van der Waals surface area contributed by atoms with Crippen molar-refractivity contribution < 1.29 is 14.7 Å². The fourth-order valence-corrected chi connectivity index (χ4v) is 3.15. The van der Waals surface area contributed by atoms with Gasteiger partial charge in [0, 0.05) is 4.88 Å². The molecule has 1 aliphatic heterocycles. The number of thiophene rings is 1. The topological polar surface area (TPSA) is 72.8 Å². The van der Waals surface area contributed by atoms with Crippen molar-refractivity contribution in [3.63, 3.8) is 0 Å². The first-order chi connectivity index (χ1) is 11.0. The predicted octanol–water partition coefficient (Wildman–Crippen LogP) is 2.23. The lowest BCUT2D eigenvalue weighted by Gasteiger charge is -2.13. The average molecular weight is 325 g/mol. The molecular formula is C17H13N2O3S-. The van der Waals surface area contributed by atoms with Gasteiger partial charge < -0.3 is 9.90 Å². The molecule has 1 amide bonds. The van der Waals surface area contributed by atoms with E-state index in [2.05, 4.69) is 5.10 Å². The van der Waals surface area contributed by atoms with Gasteiger partial charge in [0.15, 0.2) is 0 Å². The van der Waals surface area contributed by atoms with E-state index in [9.17, 15) is 14.7 Å². The minimum Gasteiger partial charge on any atom is -0.545 e. The molecule has 0 saturated carbocycles. The zero-order valence-corrected chi connectivity index (χ0v) is 13.4. The Morgan fingerprint density at radius 1 is 1.30 bits per heavy atom. The van der Waals surface area contributed by atoms with E-state index in [0.717, 1.165) is 10.4 Å². The number of anilines is 1. The molecule has 1 aliphatic rings. The van der Waals surface area contributed by atoms with Crippen molar-refractivity contribution in [2.45, 2.75) is 13.8 Å². The van der Waals surface area contributed by atoms with Gasteiger partial charge in [-0.25, -0.2) is 0 Å². The van der Waals surface area contributed by atoms with Gasteiger partial charge in [0.05, 0.1) is 22.9 Å². The standard InChI is InChI=1S/C17H14N2O3S/c1-10-6-7-23-15(10)9-14-11(2)18-19(16(14)20)13-5-3-4-12(8-13)17(21)22/h3-9H,1-2H3,(H,21,22)/p-1/b14-9+. The number of carboxylic acid groups (broad SMARTS) is 1. The summed E-state index contributed by atoms with van der Waals surface area (Å²) >= 11 is 1.56. The van der Waals surface area contributed by atoms with Gasteiger partial charge in [-0.2, -0.15) is 10.1 Å². The second-order valence-corrected chi connectivity index (χ2v) is 6.11. The number of aryl methyl sites for hydroxylation is 1. The molecule has 3 rings (SSSR count). The van der Waals surface area contributed by atoms with Crippen LogP contribution in [0.5, 0.6) is 0 Å². The first-order valence-electron chi connectivity index (χ1n) is 6.94. The zero-order chi connectivity index (χ0) is 16.6. The summed E-state index contributed by atoms with van der Waals surface area (Å²) in [5, 5.41) is 18.4. The van der Waals surface area contributed by atoms with E-state index < -0.39 is 5.97 Å². The van der Waals surface area contributed by atoms with Crippen LogP contribution in [0.3, 0.4) is 0 Å². The summed E-state index contributed by atoms with van der Waals surface area (Å²) in [6, 6.07) is 7.99. The fraction of sp³-hybridized carbons (Fsp3) is 0.118. The third-order valence-corrected chi connectivity index (χ3v) is 4.53. The number of aromatic carboxylic acids is 1. The molecule has 2 heterocycles. The third kappa shape index (κ3) is 2.80. The molecule has 0 saturated heterocycles. The summed E-state index contributed by atoms with van der Waals surface area (Å²) in [5.41, 5.74) is 2.62. The van der Waals surface area contributed by atoms with E-state index in [1.165, 1.54) is 17.1 Å². The van der Waals surface area contributed by atoms with Gasteiger partial charge in [0.1, 0.15) is 0 Å². The highest BCUT2D eigenvalue weighted by Crippen LogP contribution is 2.27. The van der Waals surface area contributed by atoms with Gasteiger partial charge in [-0.3, -0.25) is 4.79 Å². The minimum atomic E-state index is -1.29. The van der Waals surface area contributed by atoms with Crippen LogP contribution in [0.2, 0.25) is 0 Å². The average Bonchev–Trinajstić information content (AvgIpc) is 3.06. The van der Waals surface area contributed by atoms with Crippen molar-refractivity contribution in [2.75, 3.05) is 5.01 Å². The molecule has 0 unspecified atom stereocenters. The highest BCUT2D eigenvalue weighted by atomic mass is 32.1. The van der Waals surface area contributed by atoms with Gasteiger partial charge in [-0.15, -0.1) is 11.3 Å². The van der Waals surface area contributed by atoms with E-state index >= 15 is 0 Å². The van der Waals surface area contributed by atoms with Crippen LogP contribution >= 0.6 is 11.3 Å². The SMILES string of the molecule is CC1=NN(c2cccc(C(=O)[O-])c2)C(=O)/C1=C/c1sccc1C. The molecular weight excluding hydrogens is 312 g/mol. The maximum Gasteiger partial charge on any atom is 0.280 e. The molecule has 0 radical (unpaired) electrons. The fourth-order valence-electron chi connectivity index (χ4n) is 2.29. The molecule has 0 atom stereocenters. The van der Waals surface area contributed by atoms with E-state index in [1.54, 1.807) is 30.4 Å². The molecule has 23 heavy (non-hydrogen) atoms. The quantitative estimate of drug-likeness (QED) is 0.812. The number of hydrogen-bond acceptors (Lipinski definition) is 5. The lowest BCUT2D eigenvalue weighted by molar-refractivity contribution is -0.255. The summed E-state index contributed by atoms with van der Waals surface area (Å²) in [7, 11) is 0. The van der Waals surface area contributed by atoms with Gasteiger partial charge >= 0.3 is 0 Å². The van der Waals surface area contributed by atoms with Crippen LogP contribution in [0.25, 0.3) is 6.08 Å². The predicted molar refractivity (Wildman–Crippen MR) is 88.4 cm³/mol. The molecule has 116 valence electrons. The number of carbonyl (C=O) groups is 2. The molecule has 0 N–H and O–H groups in total. The van der Waals surface area contributed by atoms with Crippen molar-refractivity contribution in [3.05, 3.63) is 57.3 Å². The number of amides is 1. The molecule has 1 aromatic heterocycles. The van der Waals surface area contributed by atoms with Crippen molar-refractivity contribution >= 4 is 40.7 Å². The van der Waals surface area contributed by atoms with Crippen LogP contribution in [0, 0.1) is 6.92 Å². The summed E-state index contributed by atoms with van der Waals surface area (Å²) in [6.45, 7) is 3.74. The van der Waals surface area contributed by atoms with Crippen molar-refractivity contribution in [1.29, 1.82) is 0 Å². The molecule has 0 spiro atoms. The zero-order valence-electron chi connectivity index (χ0n) is 12.6. The van der Waals surface area contributed by atoms with Crippen LogP contribution < -0.4 is 10.1 Å². The van der Waals surface area contributed by atoms with Crippen LogP contribution in [-0.4, -0.2) is 17.6 Å². The number of carbonyl (C=O) groups excluding carboxylic acids is 2. The highest BCUT2D eigenvalue weighted by Gasteiger charge is 2.29. The van der Waals surface area contributed by atoms with E-state index in [1.807, 2.05) is 24.4 Å². The molecule has 0 fully saturated rings. The Morgan fingerprint density at radius 3 is 2.74 bits per heavy atom. The van der Waals surface area contributed by atoms with Crippen LogP contribution in [0.1, 0.15) is 27.7 Å². The highest BCUT2D eigenvalue weighted by molar-refractivity contribution is 7.11. The molecule has 5 nitrogen and oxygen atoms in total. The maximum absolute atomic E-state index is 12.6. The van der Waals surface area contributed by atoms with Gasteiger partial charge in [0.25, 0.3) is 5.91 Å². The van der Waals surface area contributed by atoms with E-state index in [-0.39, 0.29) is 11.5 Å². The monoisotopic (exact) mass is 325 g/mol. The molecule has 0 bridgehead atoms. The minimum absolute atomic E-state index is 0.00897. The van der Waals surface area contributed by atoms with Crippen LogP contribution in [0.15, 0.2) is 46.4 Å². The largest absolute Gasteiger partial charge is 0.545 e. The summed E-state index contributed by atoms with van der Waals surface area (Å²) in [5.74, 6) is -1.56. The first kappa shape index (κ1) is 15.2. The van der Waals surface area contributed by atoms with Crippen molar-refractivity contribution in [1.82, 2.24) is 0 Å². The Balaban J connectivity index is 1.97. The lowest BCUT2D eigenvalue weighted by Crippen LogP contribution is -2.24. The van der Waals surface area contributed by atoms with Gasteiger partial charge in [0.2, 0.25) is 0 Å². The van der Waals surface area contributed by atoms with E-state index in [0.29, 0.717) is 17.0 Å². The Bertz CT molecular complexity index is 864. The number of carboxylic acids is 1. The Morgan fingerprint density at radius 2 is 2.09 bits per heavy atom. The van der Waals surface area contributed by atoms with Crippen molar-refractivity contribution in [2.24, 2.45) is 5.10 Å². The second kappa shape index (κ2) is 5.81. The summed E-state index contributed by atoms with van der Waals surface area (Å²) < 4.78 is 0. The Hall–Kier alpha value is -2.73. The maximum atomic E-state index is 12.6. The normalized spacial score (nSPS) is 16.1.